The van der Waals surface area contributed by atoms with Crippen molar-refractivity contribution in [2.24, 2.45) is 5.73 Å². The van der Waals surface area contributed by atoms with Crippen molar-refractivity contribution in [2.45, 2.75) is 45.3 Å². The number of carbonyl (C=O) groups is 1. The lowest BCUT2D eigenvalue weighted by Gasteiger charge is -2.20. The van der Waals surface area contributed by atoms with Gasteiger partial charge < -0.3 is 10.5 Å². The predicted octanol–water partition coefficient (Wildman–Crippen LogP) is 3.46. The Bertz CT molecular complexity index is 395. The maximum absolute atomic E-state index is 11.5. The van der Waals surface area contributed by atoms with E-state index >= 15 is 0 Å². The van der Waals surface area contributed by atoms with E-state index in [9.17, 15) is 4.79 Å². The summed E-state index contributed by atoms with van der Waals surface area (Å²) >= 11 is 5.80. The Morgan fingerprint density at radius 1 is 1.33 bits per heavy atom. The van der Waals surface area contributed by atoms with Gasteiger partial charge in [-0.1, -0.05) is 23.7 Å². The molecular formula is C14H20ClNO2. The van der Waals surface area contributed by atoms with Gasteiger partial charge in [0, 0.05) is 17.5 Å². The summed E-state index contributed by atoms with van der Waals surface area (Å²) in [4.78, 5) is 11.5. The monoisotopic (exact) mass is 269 g/mol. The van der Waals surface area contributed by atoms with Crippen molar-refractivity contribution in [1.82, 2.24) is 0 Å². The molecule has 1 rings (SSSR count). The average Bonchev–Trinajstić information content (AvgIpc) is 2.24. The van der Waals surface area contributed by atoms with Crippen LogP contribution in [0.15, 0.2) is 24.3 Å². The van der Waals surface area contributed by atoms with Crippen LogP contribution in [0.3, 0.4) is 0 Å². The molecule has 0 saturated carbocycles. The Morgan fingerprint density at radius 2 is 1.89 bits per heavy atom. The van der Waals surface area contributed by atoms with Crippen LogP contribution < -0.4 is 5.73 Å². The second-order valence-electron chi connectivity index (χ2n) is 5.28. The molecule has 0 aliphatic rings. The summed E-state index contributed by atoms with van der Waals surface area (Å²) in [7, 11) is 0. The number of hydrogen-bond donors (Lipinski definition) is 1. The van der Waals surface area contributed by atoms with E-state index in [2.05, 4.69) is 0 Å². The molecule has 0 aliphatic carbocycles. The largest absolute Gasteiger partial charge is 0.460 e. The molecule has 100 valence electrons. The van der Waals surface area contributed by atoms with E-state index in [-0.39, 0.29) is 12.0 Å². The van der Waals surface area contributed by atoms with Gasteiger partial charge in [-0.2, -0.15) is 0 Å². The maximum atomic E-state index is 11.5. The SMILES string of the molecule is CC(C)(C)OC(=O)CCC(N)c1ccc(Cl)cc1. The first-order valence-corrected chi connectivity index (χ1v) is 6.38. The molecule has 0 heterocycles. The Kier molecular flexibility index (Phi) is 5.17. The summed E-state index contributed by atoms with van der Waals surface area (Å²) in [6.45, 7) is 5.55. The van der Waals surface area contributed by atoms with Crippen molar-refractivity contribution < 1.29 is 9.53 Å². The van der Waals surface area contributed by atoms with Crippen LogP contribution in [0.4, 0.5) is 0 Å². The summed E-state index contributed by atoms with van der Waals surface area (Å²) in [6, 6.07) is 7.17. The molecule has 18 heavy (non-hydrogen) atoms. The minimum Gasteiger partial charge on any atom is -0.460 e. The summed E-state index contributed by atoms with van der Waals surface area (Å²) in [5.74, 6) is -0.216. The molecule has 0 saturated heterocycles. The van der Waals surface area contributed by atoms with Gasteiger partial charge in [0.15, 0.2) is 0 Å². The Morgan fingerprint density at radius 3 is 2.39 bits per heavy atom. The first-order valence-electron chi connectivity index (χ1n) is 6.01. The number of benzene rings is 1. The van der Waals surface area contributed by atoms with E-state index in [0.29, 0.717) is 17.9 Å². The quantitative estimate of drug-likeness (QED) is 0.852. The molecular weight excluding hydrogens is 250 g/mol. The first-order chi connectivity index (χ1) is 8.28. The number of esters is 1. The number of nitrogens with two attached hydrogens (primary N) is 1. The van der Waals surface area contributed by atoms with Crippen molar-refractivity contribution in [3.63, 3.8) is 0 Å². The van der Waals surface area contributed by atoms with E-state index < -0.39 is 5.60 Å². The molecule has 0 spiro atoms. The molecule has 0 aliphatic heterocycles. The van der Waals surface area contributed by atoms with Crippen molar-refractivity contribution >= 4 is 17.6 Å². The van der Waals surface area contributed by atoms with Crippen LogP contribution in [-0.2, 0) is 9.53 Å². The molecule has 4 heteroatoms. The zero-order valence-corrected chi connectivity index (χ0v) is 11.8. The maximum Gasteiger partial charge on any atom is 0.306 e. The summed E-state index contributed by atoms with van der Waals surface area (Å²) in [5, 5.41) is 0.679. The third-order valence-corrected chi connectivity index (χ3v) is 2.63. The highest BCUT2D eigenvalue weighted by atomic mass is 35.5. The molecule has 1 unspecified atom stereocenters. The van der Waals surface area contributed by atoms with Crippen LogP contribution in [0.25, 0.3) is 0 Å². The van der Waals surface area contributed by atoms with E-state index in [1.54, 1.807) is 12.1 Å². The topological polar surface area (TPSA) is 52.3 Å². The molecule has 3 nitrogen and oxygen atoms in total. The highest BCUT2D eigenvalue weighted by Gasteiger charge is 2.17. The van der Waals surface area contributed by atoms with E-state index in [1.807, 2.05) is 32.9 Å². The summed E-state index contributed by atoms with van der Waals surface area (Å²) < 4.78 is 5.23. The number of rotatable bonds is 4. The predicted molar refractivity (Wildman–Crippen MR) is 73.5 cm³/mol. The molecule has 0 fully saturated rings. The molecule has 1 aromatic carbocycles. The fourth-order valence-corrected chi connectivity index (χ4v) is 1.67. The highest BCUT2D eigenvalue weighted by molar-refractivity contribution is 6.30. The van der Waals surface area contributed by atoms with Gasteiger partial charge >= 0.3 is 5.97 Å². The van der Waals surface area contributed by atoms with Gasteiger partial charge in [0.1, 0.15) is 5.60 Å². The molecule has 0 aromatic heterocycles. The molecule has 0 radical (unpaired) electrons. The Hall–Kier alpha value is -1.06. The number of halogens is 1. The van der Waals surface area contributed by atoms with Gasteiger partial charge in [0.05, 0.1) is 0 Å². The molecule has 0 bridgehead atoms. The second-order valence-corrected chi connectivity index (χ2v) is 5.72. The Labute approximate surface area is 113 Å². The van der Waals surface area contributed by atoms with Crippen LogP contribution in [0, 0.1) is 0 Å². The van der Waals surface area contributed by atoms with Crippen molar-refractivity contribution in [3.8, 4) is 0 Å². The lowest BCUT2D eigenvalue weighted by atomic mass is 10.0. The highest BCUT2D eigenvalue weighted by Crippen LogP contribution is 2.19. The summed E-state index contributed by atoms with van der Waals surface area (Å²) in [5.41, 5.74) is 6.54. The lowest BCUT2D eigenvalue weighted by molar-refractivity contribution is -0.155. The summed E-state index contributed by atoms with van der Waals surface area (Å²) in [6.07, 6.45) is 0.887. The first kappa shape index (κ1) is 15.0. The molecule has 2 N–H and O–H groups in total. The zero-order valence-electron chi connectivity index (χ0n) is 11.1. The van der Waals surface area contributed by atoms with Crippen molar-refractivity contribution in [1.29, 1.82) is 0 Å². The van der Waals surface area contributed by atoms with Crippen LogP contribution in [0.5, 0.6) is 0 Å². The second kappa shape index (κ2) is 6.21. The van der Waals surface area contributed by atoms with E-state index in [0.717, 1.165) is 5.56 Å². The fourth-order valence-electron chi connectivity index (χ4n) is 1.54. The number of hydrogen-bond acceptors (Lipinski definition) is 3. The normalized spacial score (nSPS) is 13.2. The van der Waals surface area contributed by atoms with Gasteiger partial charge in [0.25, 0.3) is 0 Å². The average molecular weight is 270 g/mol. The zero-order chi connectivity index (χ0) is 13.8. The Balaban J connectivity index is 2.44. The van der Waals surface area contributed by atoms with E-state index in [1.165, 1.54) is 0 Å². The standard InChI is InChI=1S/C14H20ClNO2/c1-14(2,3)18-13(17)9-8-12(16)10-4-6-11(15)7-5-10/h4-7,12H,8-9,16H2,1-3H3. The minimum atomic E-state index is -0.443. The van der Waals surface area contributed by atoms with Gasteiger partial charge in [-0.15, -0.1) is 0 Å². The van der Waals surface area contributed by atoms with Gasteiger partial charge in [-0.3, -0.25) is 4.79 Å². The van der Waals surface area contributed by atoms with Gasteiger partial charge in [-0.05, 0) is 44.9 Å². The molecule has 1 atom stereocenters. The van der Waals surface area contributed by atoms with Crippen molar-refractivity contribution in [2.75, 3.05) is 0 Å². The van der Waals surface area contributed by atoms with E-state index in [4.69, 9.17) is 22.1 Å². The number of ether oxygens (including phenoxy) is 1. The minimum absolute atomic E-state index is 0.171. The number of carbonyl (C=O) groups excluding carboxylic acids is 1. The van der Waals surface area contributed by atoms with Crippen LogP contribution in [-0.4, -0.2) is 11.6 Å². The smallest absolute Gasteiger partial charge is 0.306 e. The van der Waals surface area contributed by atoms with Crippen LogP contribution in [0.1, 0.15) is 45.2 Å². The molecule has 1 aromatic rings. The fraction of sp³-hybridized carbons (Fsp3) is 0.500. The van der Waals surface area contributed by atoms with Crippen LogP contribution >= 0.6 is 11.6 Å². The van der Waals surface area contributed by atoms with Crippen LogP contribution in [0.2, 0.25) is 5.02 Å². The molecule has 0 amide bonds. The van der Waals surface area contributed by atoms with Gasteiger partial charge in [0.2, 0.25) is 0 Å². The van der Waals surface area contributed by atoms with Crippen molar-refractivity contribution in [3.05, 3.63) is 34.9 Å². The third kappa shape index (κ3) is 5.52. The van der Waals surface area contributed by atoms with Gasteiger partial charge in [-0.25, -0.2) is 0 Å². The lowest BCUT2D eigenvalue weighted by Crippen LogP contribution is -2.24. The third-order valence-electron chi connectivity index (χ3n) is 2.38.